The van der Waals surface area contributed by atoms with Crippen molar-refractivity contribution in [3.63, 3.8) is 0 Å². The second kappa shape index (κ2) is 6.32. The largest absolute Gasteiger partial charge is 0.480 e. The van der Waals surface area contributed by atoms with E-state index < -0.39 is 12.0 Å². The normalized spacial score (nSPS) is 12.9. The van der Waals surface area contributed by atoms with Crippen molar-refractivity contribution in [1.29, 1.82) is 0 Å². The molecule has 0 aliphatic carbocycles. The number of carboxylic acid groups (broad SMARTS) is 1. The quantitative estimate of drug-likeness (QED) is 0.784. The van der Waals surface area contributed by atoms with Gasteiger partial charge in [-0.25, -0.2) is 9.48 Å². The van der Waals surface area contributed by atoms with Crippen LogP contribution in [0.15, 0.2) is 0 Å². The number of unbranched alkanes of at least 4 members (excludes halogenated alkanes) is 1. The summed E-state index contributed by atoms with van der Waals surface area (Å²) in [6.07, 6.45) is 3.27. The number of nitrogens with zero attached hydrogens (tertiary/aromatic N) is 4. The molecule has 96 valence electrons. The summed E-state index contributed by atoms with van der Waals surface area (Å²) in [7, 11) is 0. The Hall–Kier alpha value is -1.46. The minimum absolute atomic E-state index is 0.291. The molecule has 1 heterocycles. The Balaban J connectivity index is 2.86. The highest BCUT2D eigenvalue weighted by atomic mass is 16.4. The van der Waals surface area contributed by atoms with Gasteiger partial charge in [-0.3, -0.25) is 0 Å². The lowest BCUT2D eigenvalue weighted by Crippen LogP contribution is -2.24. The first-order valence-electron chi connectivity index (χ1n) is 6.05. The second-order valence-corrected chi connectivity index (χ2v) is 4.63. The third kappa shape index (κ3) is 3.80. The van der Waals surface area contributed by atoms with Gasteiger partial charge in [-0.15, -0.1) is 5.10 Å². The molecular formula is C11H20N4O2. The maximum atomic E-state index is 11.2. The first-order chi connectivity index (χ1) is 8.06. The molecule has 6 nitrogen and oxygen atoms in total. The fraction of sp³-hybridized carbons (Fsp3) is 0.818. The SMILES string of the molecule is CCCCc1nnnn1C(CC(C)C)C(=O)O. The second-order valence-electron chi connectivity index (χ2n) is 4.63. The number of tetrazole rings is 1. The lowest BCUT2D eigenvalue weighted by molar-refractivity contribution is -0.141. The Morgan fingerprint density at radius 1 is 1.47 bits per heavy atom. The molecule has 1 aromatic heterocycles. The molecule has 6 heteroatoms. The summed E-state index contributed by atoms with van der Waals surface area (Å²) >= 11 is 0. The summed E-state index contributed by atoms with van der Waals surface area (Å²) in [5, 5.41) is 20.5. The Kier molecular flexibility index (Phi) is 5.06. The van der Waals surface area contributed by atoms with Crippen molar-refractivity contribution in [3.8, 4) is 0 Å². The molecule has 17 heavy (non-hydrogen) atoms. The lowest BCUT2D eigenvalue weighted by Gasteiger charge is -2.15. The maximum Gasteiger partial charge on any atom is 0.328 e. The Morgan fingerprint density at radius 2 is 2.18 bits per heavy atom. The van der Waals surface area contributed by atoms with Crippen LogP contribution in [0.2, 0.25) is 0 Å². The van der Waals surface area contributed by atoms with Crippen molar-refractivity contribution in [3.05, 3.63) is 5.82 Å². The van der Waals surface area contributed by atoms with Crippen molar-refractivity contribution >= 4 is 5.97 Å². The van der Waals surface area contributed by atoms with Gasteiger partial charge in [0.15, 0.2) is 11.9 Å². The summed E-state index contributed by atoms with van der Waals surface area (Å²) in [6.45, 7) is 6.06. The van der Waals surface area contributed by atoms with Crippen LogP contribution in [-0.4, -0.2) is 31.3 Å². The van der Waals surface area contributed by atoms with Crippen LogP contribution in [0.1, 0.15) is 51.9 Å². The van der Waals surface area contributed by atoms with E-state index in [0.29, 0.717) is 18.2 Å². The van der Waals surface area contributed by atoms with E-state index in [9.17, 15) is 9.90 Å². The molecule has 0 aliphatic rings. The number of aliphatic carboxylic acids is 1. The average molecular weight is 240 g/mol. The summed E-state index contributed by atoms with van der Waals surface area (Å²) < 4.78 is 1.46. The van der Waals surface area contributed by atoms with E-state index in [0.717, 1.165) is 19.3 Å². The number of aromatic nitrogens is 4. The van der Waals surface area contributed by atoms with Gasteiger partial charge >= 0.3 is 5.97 Å². The van der Waals surface area contributed by atoms with E-state index in [1.165, 1.54) is 4.68 Å². The number of hydrogen-bond donors (Lipinski definition) is 1. The number of rotatable bonds is 7. The van der Waals surface area contributed by atoms with E-state index >= 15 is 0 Å². The molecule has 0 saturated heterocycles. The zero-order valence-corrected chi connectivity index (χ0v) is 10.6. The van der Waals surface area contributed by atoms with E-state index in [-0.39, 0.29) is 0 Å². The summed E-state index contributed by atoms with van der Waals surface area (Å²) in [5.41, 5.74) is 0. The van der Waals surface area contributed by atoms with Crippen molar-refractivity contribution in [2.45, 2.75) is 52.5 Å². The van der Waals surface area contributed by atoms with Crippen molar-refractivity contribution in [2.24, 2.45) is 5.92 Å². The van der Waals surface area contributed by atoms with Crippen LogP contribution in [0.25, 0.3) is 0 Å². The highest BCUT2D eigenvalue weighted by molar-refractivity contribution is 5.71. The number of aryl methyl sites for hydroxylation is 1. The zero-order valence-electron chi connectivity index (χ0n) is 10.6. The topological polar surface area (TPSA) is 80.9 Å². The number of hydrogen-bond acceptors (Lipinski definition) is 4. The van der Waals surface area contributed by atoms with Crippen LogP contribution in [0.4, 0.5) is 0 Å². The Morgan fingerprint density at radius 3 is 2.71 bits per heavy atom. The zero-order chi connectivity index (χ0) is 12.8. The monoisotopic (exact) mass is 240 g/mol. The molecule has 0 radical (unpaired) electrons. The smallest absolute Gasteiger partial charge is 0.328 e. The Labute approximate surface area is 101 Å². The summed E-state index contributed by atoms with van der Waals surface area (Å²) in [4.78, 5) is 11.2. The molecule has 1 atom stereocenters. The lowest BCUT2D eigenvalue weighted by atomic mass is 10.0. The molecule has 0 spiro atoms. The summed E-state index contributed by atoms with van der Waals surface area (Å²) in [6, 6.07) is -0.656. The third-order valence-corrected chi connectivity index (χ3v) is 2.59. The van der Waals surface area contributed by atoms with E-state index in [1.54, 1.807) is 0 Å². The van der Waals surface area contributed by atoms with Gasteiger partial charge in [0.2, 0.25) is 0 Å². The van der Waals surface area contributed by atoms with E-state index in [4.69, 9.17) is 0 Å². The first kappa shape index (κ1) is 13.6. The summed E-state index contributed by atoms with van der Waals surface area (Å²) in [5.74, 6) is 0.0861. The molecule has 1 N–H and O–H groups in total. The standard InChI is InChI=1S/C11H20N4O2/c1-4-5-6-10-12-13-14-15(10)9(11(16)17)7-8(2)3/h8-9H,4-7H2,1-3H3,(H,16,17). The molecule has 0 amide bonds. The van der Waals surface area contributed by atoms with Gasteiger partial charge in [0.25, 0.3) is 0 Å². The van der Waals surface area contributed by atoms with Crippen LogP contribution in [-0.2, 0) is 11.2 Å². The van der Waals surface area contributed by atoms with Crippen LogP contribution >= 0.6 is 0 Å². The predicted molar refractivity (Wildman–Crippen MR) is 62.6 cm³/mol. The molecule has 0 bridgehead atoms. The molecule has 0 aliphatic heterocycles. The van der Waals surface area contributed by atoms with Gasteiger partial charge < -0.3 is 5.11 Å². The van der Waals surface area contributed by atoms with Crippen molar-refractivity contribution in [1.82, 2.24) is 20.2 Å². The number of carbonyl (C=O) groups is 1. The molecule has 0 aromatic carbocycles. The van der Waals surface area contributed by atoms with Gasteiger partial charge in [-0.1, -0.05) is 27.2 Å². The van der Waals surface area contributed by atoms with E-state index in [2.05, 4.69) is 22.4 Å². The van der Waals surface area contributed by atoms with E-state index in [1.807, 2.05) is 13.8 Å². The minimum Gasteiger partial charge on any atom is -0.480 e. The molecule has 1 rings (SSSR count). The fourth-order valence-electron chi connectivity index (χ4n) is 1.71. The highest BCUT2D eigenvalue weighted by Gasteiger charge is 2.24. The van der Waals surface area contributed by atoms with Gasteiger partial charge in [-0.05, 0) is 29.2 Å². The Bertz CT molecular complexity index is 362. The highest BCUT2D eigenvalue weighted by Crippen LogP contribution is 2.18. The molecular weight excluding hydrogens is 220 g/mol. The first-order valence-corrected chi connectivity index (χ1v) is 6.05. The molecule has 0 saturated carbocycles. The van der Waals surface area contributed by atoms with Gasteiger partial charge in [0.1, 0.15) is 0 Å². The van der Waals surface area contributed by atoms with Gasteiger partial charge in [0.05, 0.1) is 0 Å². The van der Waals surface area contributed by atoms with Gasteiger partial charge in [-0.2, -0.15) is 0 Å². The third-order valence-electron chi connectivity index (χ3n) is 2.59. The molecule has 1 aromatic rings. The average Bonchev–Trinajstić information content (AvgIpc) is 2.70. The van der Waals surface area contributed by atoms with Crippen LogP contribution in [0.5, 0.6) is 0 Å². The molecule has 1 unspecified atom stereocenters. The van der Waals surface area contributed by atoms with Crippen LogP contribution in [0.3, 0.4) is 0 Å². The van der Waals surface area contributed by atoms with Gasteiger partial charge in [0, 0.05) is 6.42 Å². The molecule has 0 fully saturated rings. The fourth-order valence-corrected chi connectivity index (χ4v) is 1.71. The predicted octanol–water partition coefficient (Wildman–Crippen LogP) is 1.69. The van der Waals surface area contributed by atoms with Crippen LogP contribution < -0.4 is 0 Å². The van der Waals surface area contributed by atoms with Crippen LogP contribution in [0, 0.1) is 5.92 Å². The van der Waals surface area contributed by atoms with Crippen molar-refractivity contribution < 1.29 is 9.90 Å². The minimum atomic E-state index is -0.872. The van der Waals surface area contributed by atoms with Crippen molar-refractivity contribution in [2.75, 3.05) is 0 Å². The number of carboxylic acids is 1. The maximum absolute atomic E-state index is 11.2.